The third kappa shape index (κ3) is 5.64. The highest BCUT2D eigenvalue weighted by atomic mass is 35.5. The van der Waals surface area contributed by atoms with Gasteiger partial charge in [-0.25, -0.2) is 9.59 Å². The number of aromatic nitrogens is 1. The van der Waals surface area contributed by atoms with Crippen LogP contribution in [-0.2, 0) is 4.79 Å². The van der Waals surface area contributed by atoms with Crippen molar-refractivity contribution in [3.05, 3.63) is 87.7 Å². The summed E-state index contributed by atoms with van der Waals surface area (Å²) < 4.78 is 2.26. The Balaban J connectivity index is 1.73. The molecule has 4 aromatic rings. The minimum atomic E-state index is -1.04. The van der Waals surface area contributed by atoms with Crippen LogP contribution >= 0.6 is 22.9 Å². The highest BCUT2D eigenvalue weighted by molar-refractivity contribution is 7.16. The third-order valence-corrected chi connectivity index (χ3v) is 6.72. The Morgan fingerprint density at radius 3 is 2.36 bits per heavy atom. The Morgan fingerprint density at radius 2 is 1.72 bits per heavy atom. The number of anilines is 2. The van der Waals surface area contributed by atoms with Crippen molar-refractivity contribution in [3.63, 3.8) is 0 Å². The van der Waals surface area contributed by atoms with E-state index in [2.05, 4.69) is 15.6 Å². The van der Waals surface area contributed by atoms with Crippen LogP contribution in [0.3, 0.4) is 0 Å². The van der Waals surface area contributed by atoms with Gasteiger partial charge < -0.3 is 20.3 Å². The number of amides is 3. The number of rotatable bonds is 6. The highest BCUT2D eigenvalue weighted by Gasteiger charge is 2.22. The molecule has 0 spiro atoms. The molecular weight excluding hydrogens is 500 g/mol. The number of thiazole rings is 1. The summed E-state index contributed by atoms with van der Waals surface area (Å²) in [7, 11) is 0. The molecule has 0 fully saturated rings. The zero-order valence-corrected chi connectivity index (χ0v) is 21.1. The number of carboxylic acids is 1. The van der Waals surface area contributed by atoms with E-state index in [0.29, 0.717) is 27.5 Å². The Morgan fingerprint density at radius 1 is 1.03 bits per heavy atom. The van der Waals surface area contributed by atoms with Crippen molar-refractivity contribution in [1.82, 2.24) is 4.57 Å². The molecular formula is C26H23ClN4O4S. The number of carbonyl (C=O) groups is 3. The van der Waals surface area contributed by atoms with Crippen molar-refractivity contribution in [2.24, 2.45) is 4.99 Å². The number of hydrogen-bond acceptors (Lipinski definition) is 4. The van der Waals surface area contributed by atoms with E-state index in [9.17, 15) is 19.5 Å². The summed E-state index contributed by atoms with van der Waals surface area (Å²) in [4.78, 5) is 42.0. The molecule has 1 aromatic heterocycles. The van der Waals surface area contributed by atoms with Crippen LogP contribution in [0.2, 0.25) is 5.02 Å². The van der Waals surface area contributed by atoms with E-state index in [0.717, 1.165) is 10.3 Å². The van der Waals surface area contributed by atoms with Crippen LogP contribution in [0.15, 0.2) is 71.7 Å². The minimum absolute atomic E-state index is 0.269. The van der Waals surface area contributed by atoms with Crippen molar-refractivity contribution in [2.75, 3.05) is 10.6 Å². The lowest BCUT2D eigenvalue weighted by atomic mass is 10.1. The number of aliphatic carboxylic acids is 1. The van der Waals surface area contributed by atoms with E-state index in [1.807, 2.05) is 19.1 Å². The number of halogens is 1. The van der Waals surface area contributed by atoms with Gasteiger partial charge in [0.05, 0.1) is 10.2 Å². The van der Waals surface area contributed by atoms with Crippen LogP contribution in [0.5, 0.6) is 0 Å². The summed E-state index contributed by atoms with van der Waals surface area (Å²) in [6, 6.07) is 17.5. The highest BCUT2D eigenvalue weighted by Crippen LogP contribution is 2.26. The maximum atomic E-state index is 12.8. The lowest BCUT2D eigenvalue weighted by Crippen LogP contribution is -2.27. The predicted octanol–water partition coefficient (Wildman–Crippen LogP) is 6.09. The number of carbonyl (C=O) groups excluding carboxylic acids is 2. The molecule has 3 aromatic carbocycles. The van der Waals surface area contributed by atoms with E-state index in [4.69, 9.17) is 11.6 Å². The van der Waals surface area contributed by atoms with Gasteiger partial charge in [0.25, 0.3) is 5.91 Å². The molecule has 0 bridgehead atoms. The smallest absolute Gasteiger partial charge is 0.326 e. The van der Waals surface area contributed by atoms with E-state index in [1.54, 1.807) is 61.5 Å². The van der Waals surface area contributed by atoms with Gasteiger partial charge >= 0.3 is 12.0 Å². The quantitative estimate of drug-likeness (QED) is 0.284. The minimum Gasteiger partial charge on any atom is -0.480 e. The first-order valence-corrected chi connectivity index (χ1v) is 12.3. The summed E-state index contributed by atoms with van der Waals surface area (Å²) in [6.45, 7) is 3.67. The third-order valence-electron chi connectivity index (χ3n) is 5.45. The van der Waals surface area contributed by atoms with Gasteiger partial charge in [-0.1, -0.05) is 53.6 Å². The number of fused-ring (bicyclic) bond motifs is 1. The van der Waals surface area contributed by atoms with E-state index >= 15 is 0 Å². The fourth-order valence-corrected chi connectivity index (χ4v) is 4.91. The van der Waals surface area contributed by atoms with Crippen molar-refractivity contribution in [3.8, 4) is 0 Å². The molecule has 36 heavy (non-hydrogen) atoms. The second-order valence-electron chi connectivity index (χ2n) is 8.07. The molecule has 4 rings (SSSR count). The molecule has 0 saturated carbocycles. The Kier molecular flexibility index (Phi) is 7.52. The number of aryl methyl sites for hydroxylation is 1. The number of hydrogen-bond donors (Lipinski definition) is 3. The molecule has 1 atom stereocenters. The zero-order chi connectivity index (χ0) is 25.8. The lowest BCUT2D eigenvalue weighted by molar-refractivity contribution is -0.140. The lowest BCUT2D eigenvalue weighted by Gasteiger charge is -2.14. The monoisotopic (exact) mass is 522 g/mol. The van der Waals surface area contributed by atoms with Crippen molar-refractivity contribution >= 4 is 62.4 Å². The van der Waals surface area contributed by atoms with Gasteiger partial charge in [-0.2, -0.15) is 4.99 Å². The first kappa shape index (κ1) is 25.2. The number of benzene rings is 3. The topological polar surface area (TPSA) is 113 Å². The molecule has 1 heterocycles. The molecule has 0 aliphatic carbocycles. The van der Waals surface area contributed by atoms with Gasteiger partial charge in [-0.15, -0.1) is 0 Å². The summed E-state index contributed by atoms with van der Waals surface area (Å²) >= 11 is 7.18. The molecule has 3 amide bonds. The van der Waals surface area contributed by atoms with Crippen LogP contribution in [0, 0.1) is 6.92 Å². The summed E-state index contributed by atoms with van der Waals surface area (Å²) in [6.07, 6.45) is 0.278. The Labute approximate surface area is 215 Å². The summed E-state index contributed by atoms with van der Waals surface area (Å²) in [5.74, 6) is -1.51. The molecule has 0 saturated heterocycles. The van der Waals surface area contributed by atoms with E-state index in [1.165, 1.54) is 15.9 Å². The van der Waals surface area contributed by atoms with Crippen LogP contribution in [-0.4, -0.2) is 27.6 Å². The van der Waals surface area contributed by atoms with Gasteiger partial charge in [-0.05, 0) is 61.9 Å². The number of nitrogens with zero attached hydrogens (tertiary/aromatic N) is 2. The maximum Gasteiger partial charge on any atom is 0.326 e. The fourth-order valence-electron chi connectivity index (χ4n) is 3.67. The number of urea groups is 1. The molecule has 184 valence electrons. The van der Waals surface area contributed by atoms with Crippen molar-refractivity contribution < 1.29 is 19.5 Å². The van der Waals surface area contributed by atoms with Crippen molar-refractivity contribution in [1.29, 1.82) is 0 Å². The number of carboxylic acid groups (broad SMARTS) is 1. The van der Waals surface area contributed by atoms with Crippen LogP contribution in [0.4, 0.5) is 16.2 Å². The van der Waals surface area contributed by atoms with Gasteiger partial charge in [0.2, 0.25) is 0 Å². The standard InChI is InChI=1S/C26H23ClN4O4S/c1-3-20(24(33)34)31-21-14-19(29-25(35)28-18-6-4-5-17(27)13-18)11-12-22(21)36-26(31)30-23(32)16-9-7-15(2)8-10-16/h4-14,20H,3H2,1-2H3,(H,33,34)(H2,28,29,35). The molecule has 1 unspecified atom stereocenters. The second-order valence-corrected chi connectivity index (χ2v) is 9.52. The average molecular weight is 523 g/mol. The van der Waals surface area contributed by atoms with Crippen LogP contribution < -0.4 is 15.4 Å². The second kappa shape index (κ2) is 10.8. The van der Waals surface area contributed by atoms with Gasteiger partial charge in [0.15, 0.2) is 4.80 Å². The van der Waals surface area contributed by atoms with Crippen LogP contribution in [0.1, 0.15) is 35.3 Å². The average Bonchev–Trinajstić information content (AvgIpc) is 3.16. The molecule has 10 heteroatoms. The largest absolute Gasteiger partial charge is 0.480 e. The zero-order valence-electron chi connectivity index (χ0n) is 19.5. The normalized spacial score (nSPS) is 12.4. The van der Waals surface area contributed by atoms with E-state index in [-0.39, 0.29) is 11.2 Å². The van der Waals surface area contributed by atoms with Gasteiger partial charge in [0, 0.05) is 22.0 Å². The first-order chi connectivity index (χ1) is 17.2. The SMILES string of the molecule is CCC(C(=O)O)n1c(=NC(=O)c2ccc(C)cc2)sc2ccc(NC(=O)Nc3cccc(Cl)c3)cc21. The molecule has 0 radical (unpaired) electrons. The predicted molar refractivity (Wildman–Crippen MR) is 142 cm³/mol. The van der Waals surface area contributed by atoms with Gasteiger partial charge in [-0.3, -0.25) is 4.79 Å². The molecule has 0 aliphatic rings. The molecule has 3 N–H and O–H groups in total. The maximum absolute atomic E-state index is 12.8. The Hall–Kier alpha value is -3.95. The van der Waals surface area contributed by atoms with Crippen LogP contribution in [0.25, 0.3) is 10.2 Å². The van der Waals surface area contributed by atoms with Crippen molar-refractivity contribution in [2.45, 2.75) is 26.3 Å². The van der Waals surface area contributed by atoms with E-state index < -0.39 is 23.9 Å². The molecule has 0 aliphatic heterocycles. The molecule has 8 nitrogen and oxygen atoms in total. The van der Waals surface area contributed by atoms with Gasteiger partial charge in [0.1, 0.15) is 6.04 Å². The number of nitrogens with one attached hydrogen (secondary N) is 2. The first-order valence-electron chi connectivity index (χ1n) is 11.1. The summed E-state index contributed by atoms with van der Waals surface area (Å²) in [5.41, 5.74) is 2.95. The summed E-state index contributed by atoms with van der Waals surface area (Å²) in [5, 5.41) is 15.8. The Bertz CT molecular complexity index is 1530. The fraction of sp³-hybridized carbons (Fsp3) is 0.154.